The summed E-state index contributed by atoms with van der Waals surface area (Å²) in [5.41, 5.74) is 4.19. The molecule has 1 aliphatic rings. The highest BCUT2D eigenvalue weighted by Gasteiger charge is 2.19. The summed E-state index contributed by atoms with van der Waals surface area (Å²) in [6.45, 7) is 3.83. The van der Waals surface area contributed by atoms with E-state index in [1.165, 1.54) is 11.1 Å². The molecule has 0 saturated carbocycles. The first-order valence-electron chi connectivity index (χ1n) is 9.35. The number of nitrogens with one attached hydrogen (secondary N) is 1. The second-order valence-corrected chi connectivity index (χ2v) is 9.05. The monoisotopic (exact) mass is 410 g/mol. The molecule has 4 rings (SSSR count). The average Bonchev–Trinajstić information content (AvgIpc) is 3.40. The summed E-state index contributed by atoms with van der Waals surface area (Å²) in [6.07, 6.45) is 2.23. The normalized spacial score (nSPS) is 13.7. The molecular formula is C21H22N4OS2. The lowest BCUT2D eigenvalue weighted by atomic mass is 10.1. The number of hydrogen-bond acceptors (Lipinski definition) is 6. The van der Waals surface area contributed by atoms with Crippen LogP contribution in [0.5, 0.6) is 0 Å². The summed E-state index contributed by atoms with van der Waals surface area (Å²) in [6, 6.07) is 16.1. The molecule has 2 heterocycles. The van der Waals surface area contributed by atoms with Gasteiger partial charge in [0.2, 0.25) is 5.13 Å². The van der Waals surface area contributed by atoms with Gasteiger partial charge in [0.15, 0.2) is 4.34 Å². The van der Waals surface area contributed by atoms with Gasteiger partial charge in [-0.25, -0.2) is 0 Å². The lowest BCUT2D eigenvalue weighted by Gasteiger charge is -2.15. The zero-order valence-corrected chi connectivity index (χ0v) is 17.4. The van der Waals surface area contributed by atoms with Crippen LogP contribution in [0.4, 0.5) is 10.8 Å². The number of rotatable bonds is 6. The minimum atomic E-state index is 0.146. The predicted octanol–water partition coefficient (Wildman–Crippen LogP) is 5.12. The molecule has 1 aromatic heterocycles. The molecule has 144 valence electrons. The van der Waals surface area contributed by atoms with Crippen molar-refractivity contribution >= 4 is 39.8 Å². The van der Waals surface area contributed by atoms with Crippen LogP contribution >= 0.6 is 23.1 Å². The largest absolute Gasteiger partial charge is 0.339 e. The third-order valence-corrected chi connectivity index (χ3v) is 6.71. The molecule has 5 nitrogen and oxygen atoms in total. The number of thioether (sulfide) groups is 1. The standard InChI is InChI=1S/C21H22N4OS2/c1-15-4-10-18(11-5-15)22-20-23-24-21(28-20)27-14-16-6-8-17(9-7-16)19(26)25-12-2-3-13-25/h4-11H,2-3,12-14H2,1H3,(H,22,23). The van der Waals surface area contributed by atoms with Gasteiger partial charge >= 0.3 is 0 Å². The first kappa shape index (κ1) is 19.0. The number of carbonyl (C=O) groups excluding carboxylic acids is 1. The van der Waals surface area contributed by atoms with E-state index in [9.17, 15) is 4.79 Å². The predicted molar refractivity (Wildman–Crippen MR) is 116 cm³/mol. The van der Waals surface area contributed by atoms with Crippen molar-refractivity contribution in [2.75, 3.05) is 18.4 Å². The number of nitrogens with zero attached hydrogens (tertiary/aromatic N) is 3. The first-order valence-corrected chi connectivity index (χ1v) is 11.2. The van der Waals surface area contributed by atoms with Gasteiger partial charge in [0.1, 0.15) is 0 Å². The Bertz CT molecular complexity index is 932. The molecule has 2 aromatic carbocycles. The van der Waals surface area contributed by atoms with Crippen molar-refractivity contribution in [3.63, 3.8) is 0 Å². The molecule has 0 unspecified atom stereocenters. The molecular weight excluding hydrogens is 388 g/mol. The van der Waals surface area contributed by atoms with E-state index in [2.05, 4.69) is 34.6 Å². The van der Waals surface area contributed by atoms with Gasteiger partial charge in [-0.05, 0) is 49.6 Å². The number of likely N-dealkylation sites (tertiary alicyclic amines) is 1. The zero-order chi connectivity index (χ0) is 19.3. The number of carbonyl (C=O) groups is 1. The number of amides is 1. The van der Waals surface area contributed by atoms with Crippen LogP contribution in [0, 0.1) is 6.92 Å². The smallest absolute Gasteiger partial charge is 0.253 e. The summed E-state index contributed by atoms with van der Waals surface area (Å²) < 4.78 is 0.923. The Labute approximate surface area is 173 Å². The van der Waals surface area contributed by atoms with Gasteiger partial charge in [0.05, 0.1) is 0 Å². The Hall–Kier alpha value is -2.38. The van der Waals surface area contributed by atoms with E-state index in [0.717, 1.165) is 52.4 Å². The molecule has 1 fully saturated rings. The second kappa shape index (κ2) is 8.75. The van der Waals surface area contributed by atoms with E-state index >= 15 is 0 Å². The lowest BCUT2D eigenvalue weighted by Crippen LogP contribution is -2.27. The summed E-state index contributed by atoms with van der Waals surface area (Å²) >= 11 is 3.20. The van der Waals surface area contributed by atoms with Crippen molar-refractivity contribution in [3.8, 4) is 0 Å². The van der Waals surface area contributed by atoms with E-state index in [0.29, 0.717) is 0 Å². The van der Waals surface area contributed by atoms with Crippen LogP contribution in [0.1, 0.15) is 34.3 Å². The van der Waals surface area contributed by atoms with Crippen molar-refractivity contribution in [3.05, 3.63) is 65.2 Å². The van der Waals surface area contributed by atoms with Gasteiger partial charge in [-0.2, -0.15) is 0 Å². The Balaban J connectivity index is 1.31. The van der Waals surface area contributed by atoms with E-state index in [4.69, 9.17) is 0 Å². The fraction of sp³-hybridized carbons (Fsp3) is 0.286. The van der Waals surface area contributed by atoms with Gasteiger partial charge in [-0.3, -0.25) is 4.79 Å². The van der Waals surface area contributed by atoms with Gasteiger partial charge in [0.25, 0.3) is 5.91 Å². The third kappa shape index (κ3) is 4.72. The molecule has 0 spiro atoms. The van der Waals surface area contributed by atoms with Crippen molar-refractivity contribution < 1.29 is 4.79 Å². The quantitative estimate of drug-likeness (QED) is 0.572. The van der Waals surface area contributed by atoms with Crippen molar-refractivity contribution in [1.29, 1.82) is 0 Å². The molecule has 3 aromatic rings. The van der Waals surface area contributed by atoms with Crippen LogP contribution in [0.3, 0.4) is 0 Å². The average molecular weight is 411 g/mol. The van der Waals surface area contributed by atoms with E-state index < -0.39 is 0 Å². The SMILES string of the molecule is Cc1ccc(Nc2nnc(SCc3ccc(C(=O)N4CCCC4)cc3)s2)cc1. The first-order chi connectivity index (χ1) is 13.7. The second-order valence-electron chi connectivity index (χ2n) is 6.85. The van der Waals surface area contributed by atoms with Gasteiger partial charge in [-0.1, -0.05) is 52.9 Å². The number of aryl methyl sites for hydroxylation is 1. The molecule has 28 heavy (non-hydrogen) atoms. The van der Waals surface area contributed by atoms with Crippen LogP contribution < -0.4 is 5.32 Å². The number of benzene rings is 2. The molecule has 1 saturated heterocycles. The maximum absolute atomic E-state index is 12.4. The van der Waals surface area contributed by atoms with Crippen molar-refractivity contribution in [1.82, 2.24) is 15.1 Å². The summed E-state index contributed by atoms with van der Waals surface area (Å²) in [5.74, 6) is 0.949. The van der Waals surface area contributed by atoms with Crippen LogP contribution in [0.15, 0.2) is 52.9 Å². The Morgan fingerprint density at radius 3 is 2.50 bits per heavy atom. The van der Waals surface area contributed by atoms with Crippen molar-refractivity contribution in [2.45, 2.75) is 29.9 Å². The molecule has 0 radical (unpaired) electrons. The van der Waals surface area contributed by atoms with Gasteiger partial charge in [-0.15, -0.1) is 10.2 Å². The number of aromatic nitrogens is 2. The van der Waals surface area contributed by atoms with Crippen LogP contribution in [0.2, 0.25) is 0 Å². The van der Waals surface area contributed by atoms with Gasteiger partial charge < -0.3 is 10.2 Å². The van der Waals surface area contributed by atoms with Crippen LogP contribution in [-0.2, 0) is 5.75 Å². The lowest BCUT2D eigenvalue weighted by molar-refractivity contribution is 0.0793. The fourth-order valence-electron chi connectivity index (χ4n) is 3.07. The number of anilines is 2. The third-order valence-electron chi connectivity index (χ3n) is 4.67. The van der Waals surface area contributed by atoms with E-state index in [1.807, 2.05) is 41.3 Å². The maximum atomic E-state index is 12.4. The minimum Gasteiger partial charge on any atom is -0.339 e. The van der Waals surface area contributed by atoms with Crippen LogP contribution in [-0.4, -0.2) is 34.1 Å². The Morgan fingerprint density at radius 1 is 1.07 bits per heavy atom. The topological polar surface area (TPSA) is 58.1 Å². The molecule has 0 bridgehead atoms. The summed E-state index contributed by atoms with van der Waals surface area (Å²) in [4.78, 5) is 14.3. The van der Waals surface area contributed by atoms with E-state index in [-0.39, 0.29) is 5.91 Å². The summed E-state index contributed by atoms with van der Waals surface area (Å²) in [5, 5.41) is 12.5. The highest BCUT2D eigenvalue weighted by atomic mass is 32.2. The Morgan fingerprint density at radius 2 is 1.79 bits per heavy atom. The fourth-order valence-corrected chi connectivity index (χ4v) is 4.80. The molecule has 1 amide bonds. The van der Waals surface area contributed by atoms with E-state index in [1.54, 1.807) is 23.1 Å². The minimum absolute atomic E-state index is 0.146. The summed E-state index contributed by atoms with van der Waals surface area (Å²) in [7, 11) is 0. The molecule has 7 heteroatoms. The molecule has 0 aliphatic carbocycles. The van der Waals surface area contributed by atoms with Crippen molar-refractivity contribution in [2.24, 2.45) is 0 Å². The Kier molecular flexibility index (Phi) is 5.92. The zero-order valence-electron chi connectivity index (χ0n) is 15.7. The molecule has 1 aliphatic heterocycles. The highest BCUT2D eigenvalue weighted by molar-refractivity contribution is 8.00. The maximum Gasteiger partial charge on any atom is 0.253 e. The molecule has 0 atom stereocenters. The van der Waals surface area contributed by atoms with Crippen LogP contribution in [0.25, 0.3) is 0 Å². The van der Waals surface area contributed by atoms with Gasteiger partial charge in [0, 0.05) is 30.1 Å². The molecule has 1 N–H and O–H groups in total. The highest BCUT2D eigenvalue weighted by Crippen LogP contribution is 2.30. The number of hydrogen-bond donors (Lipinski definition) is 1.